The summed E-state index contributed by atoms with van der Waals surface area (Å²) in [6.07, 6.45) is 2.94. The lowest BCUT2D eigenvalue weighted by atomic mass is 10.2. The van der Waals surface area contributed by atoms with Crippen molar-refractivity contribution in [1.82, 2.24) is 5.16 Å². The Morgan fingerprint density at radius 3 is 2.94 bits per heavy atom. The molecule has 1 heterocycles. The van der Waals surface area contributed by atoms with E-state index in [4.69, 9.17) is 9.84 Å². The summed E-state index contributed by atoms with van der Waals surface area (Å²) >= 11 is 0. The van der Waals surface area contributed by atoms with Crippen molar-refractivity contribution in [2.45, 2.75) is 13.2 Å². The first-order chi connectivity index (χ1) is 8.70. The minimum Gasteiger partial charge on any atom is -0.488 e. The topological polar surface area (TPSA) is 98.6 Å². The van der Waals surface area contributed by atoms with Crippen LogP contribution in [0.15, 0.2) is 35.2 Å². The molecule has 1 aromatic carbocycles. The van der Waals surface area contributed by atoms with Crippen molar-refractivity contribution >= 4 is 5.69 Å². The Kier molecular flexibility index (Phi) is 3.54. The molecule has 0 fully saturated rings. The fraction of sp³-hybridized carbons (Fsp3) is 0.182. The number of nitrogens with zero attached hydrogens (tertiary/aromatic N) is 2. The third kappa shape index (κ3) is 2.64. The van der Waals surface area contributed by atoms with Gasteiger partial charge in [-0.25, -0.2) is 0 Å². The second kappa shape index (κ2) is 5.28. The molecule has 2 rings (SSSR count). The molecule has 0 radical (unpaired) electrons. The summed E-state index contributed by atoms with van der Waals surface area (Å²) in [5.41, 5.74) is 1.01. The Hall–Kier alpha value is -2.41. The first-order valence-corrected chi connectivity index (χ1v) is 5.10. The molecule has 7 heteroatoms. The van der Waals surface area contributed by atoms with Crippen molar-refractivity contribution in [1.29, 1.82) is 0 Å². The Labute approximate surface area is 102 Å². The molecule has 94 valence electrons. The second-order valence-electron chi connectivity index (χ2n) is 3.53. The molecular formula is C11H10N2O5. The van der Waals surface area contributed by atoms with Crippen LogP contribution in [0.25, 0.3) is 0 Å². The minimum absolute atomic E-state index is 0.0867. The fourth-order valence-electron chi connectivity index (χ4n) is 1.40. The number of aliphatic hydroxyl groups excluding tert-OH is 1. The van der Waals surface area contributed by atoms with E-state index >= 15 is 0 Å². The van der Waals surface area contributed by atoms with E-state index in [0.29, 0.717) is 11.3 Å². The fourth-order valence-corrected chi connectivity index (χ4v) is 1.40. The summed E-state index contributed by atoms with van der Waals surface area (Å²) in [6, 6.07) is 4.06. The maximum absolute atomic E-state index is 10.6. The predicted molar refractivity (Wildman–Crippen MR) is 59.9 cm³/mol. The number of hydrogen-bond acceptors (Lipinski definition) is 6. The third-order valence-electron chi connectivity index (χ3n) is 2.30. The highest BCUT2D eigenvalue weighted by atomic mass is 16.6. The molecule has 0 bridgehead atoms. The van der Waals surface area contributed by atoms with Crippen molar-refractivity contribution < 1.29 is 19.3 Å². The molecule has 0 aliphatic heterocycles. The molecule has 0 saturated carbocycles. The lowest BCUT2D eigenvalue weighted by Gasteiger charge is -2.08. The van der Waals surface area contributed by atoms with Crippen molar-refractivity contribution in [2.75, 3.05) is 0 Å². The Morgan fingerprint density at radius 2 is 2.33 bits per heavy atom. The Bertz CT molecular complexity index is 538. The number of rotatable bonds is 5. The van der Waals surface area contributed by atoms with E-state index in [1.807, 2.05) is 0 Å². The largest absolute Gasteiger partial charge is 0.488 e. The maximum Gasteiger partial charge on any atom is 0.270 e. The van der Waals surface area contributed by atoms with Crippen LogP contribution in [0, 0.1) is 10.1 Å². The number of aromatic nitrogens is 1. The molecule has 18 heavy (non-hydrogen) atoms. The lowest BCUT2D eigenvalue weighted by molar-refractivity contribution is -0.385. The zero-order chi connectivity index (χ0) is 13.0. The van der Waals surface area contributed by atoms with E-state index in [1.54, 1.807) is 0 Å². The summed E-state index contributed by atoms with van der Waals surface area (Å²) < 4.78 is 10.1. The van der Waals surface area contributed by atoms with Crippen molar-refractivity contribution in [3.8, 4) is 5.75 Å². The summed E-state index contributed by atoms with van der Waals surface area (Å²) in [5.74, 6) is 0.393. The molecule has 0 amide bonds. The summed E-state index contributed by atoms with van der Waals surface area (Å²) in [4.78, 5) is 10.1. The third-order valence-corrected chi connectivity index (χ3v) is 2.30. The first-order valence-electron chi connectivity index (χ1n) is 5.10. The summed E-state index contributed by atoms with van der Waals surface area (Å²) in [6.45, 7) is -0.116. The van der Waals surface area contributed by atoms with Crippen LogP contribution in [0.5, 0.6) is 5.75 Å². The van der Waals surface area contributed by atoms with Gasteiger partial charge >= 0.3 is 0 Å². The van der Waals surface area contributed by atoms with Crippen LogP contribution in [0.4, 0.5) is 5.69 Å². The van der Waals surface area contributed by atoms with Gasteiger partial charge < -0.3 is 14.4 Å². The monoisotopic (exact) mass is 250 g/mol. The zero-order valence-electron chi connectivity index (χ0n) is 9.28. The number of hydrogen-bond donors (Lipinski definition) is 1. The molecule has 0 unspecified atom stereocenters. The van der Waals surface area contributed by atoms with Crippen LogP contribution < -0.4 is 4.74 Å². The van der Waals surface area contributed by atoms with E-state index in [1.165, 1.54) is 30.7 Å². The van der Waals surface area contributed by atoms with Crippen LogP contribution in [-0.2, 0) is 13.2 Å². The maximum atomic E-state index is 10.6. The summed E-state index contributed by atoms with van der Waals surface area (Å²) in [5, 5.41) is 23.3. The number of ether oxygens (including phenoxy) is 1. The van der Waals surface area contributed by atoms with Gasteiger partial charge in [0.25, 0.3) is 5.69 Å². The normalized spacial score (nSPS) is 10.3. The zero-order valence-corrected chi connectivity index (χ0v) is 9.28. The molecule has 1 N–H and O–H groups in total. The minimum atomic E-state index is -0.525. The Balaban J connectivity index is 2.14. The van der Waals surface area contributed by atoms with E-state index in [2.05, 4.69) is 9.68 Å². The molecule has 0 spiro atoms. The molecule has 0 aliphatic rings. The number of non-ortho nitro benzene ring substituents is 1. The quantitative estimate of drug-likeness (QED) is 0.639. The molecule has 1 aromatic heterocycles. The number of benzene rings is 1. The van der Waals surface area contributed by atoms with Gasteiger partial charge in [-0.05, 0) is 6.07 Å². The molecule has 0 saturated heterocycles. The van der Waals surface area contributed by atoms with Gasteiger partial charge in [0.15, 0.2) is 0 Å². The molecule has 2 aromatic rings. The van der Waals surface area contributed by atoms with Gasteiger partial charge in [-0.3, -0.25) is 10.1 Å². The highest BCUT2D eigenvalue weighted by molar-refractivity contribution is 5.43. The highest BCUT2D eigenvalue weighted by Gasteiger charge is 2.11. The van der Waals surface area contributed by atoms with Crippen molar-refractivity contribution in [3.63, 3.8) is 0 Å². The van der Waals surface area contributed by atoms with E-state index in [9.17, 15) is 10.1 Å². The van der Waals surface area contributed by atoms with Crippen LogP contribution in [0.2, 0.25) is 0 Å². The average molecular weight is 250 g/mol. The molecule has 0 aliphatic carbocycles. The van der Waals surface area contributed by atoms with Gasteiger partial charge in [0.05, 0.1) is 17.7 Å². The SMILES string of the molecule is O=[N+]([O-])c1ccc(OCc2cnoc2)c(CO)c1. The van der Waals surface area contributed by atoms with Crippen LogP contribution in [0.3, 0.4) is 0 Å². The van der Waals surface area contributed by atoms with E-state index < -0.39 is 4.92 Å². The van der Waals surface area contributed by atoms with Crippen LogP contribution in [-0.4, -0.2) is 15.2 Å². The molecule has 7 nitrogen and oxygen atoms in total. The standard InChI is InChI=1S/C11H10N2O5/c14-5-9-3-10(13(15)16)1-2-11(9)17-6-8-4-12-18-7-8/h1-4,7,14H,5-6H2. The smallest absolute Gasteiger partial charge is 0.270 e. The van der Waals surface area contributed by atoms with Gasteiger partial charge in [0.2, 0.25) is 0 Å². The lowest BCUT2D eigenvalue weighted by Crippen LogP contribution is -1.99. The van der Waals surface area contributed by atoms with Crippen LogP contribution >= 0.6 is 0 Å². The van der Waals surface area contributed by atoms with Crippen molar-refractivity contribution in [3.05, 3.63) is 51.9 Å². The summed E-state index contributed by atoms with van der Waals surface area (Å²) in [7, 11) is 0. The van der Waals surface area contributed by atoms with Crippen molar-refractivity contribution in [2.24, 2.45) is 0 Å². The van der Waals surface area contributed by atoms with Gasteiger partial charge in [-0.2, -0.15) is 0 Å². The first kappa shape index (κ1) is 12.1. The van der Waals surface area contributed by atoms with Crippen LogP contribution in [0.1, 0.15) is 11.1 Å². The molecular weight excluding hydrogens is 240 g/mol. The highest BCUT2D eigenvalue weighted by Crippen LogP contribution is 2.24. The van der Waals surface area contributed by atoms with E-state index in [0.717, 1.165) is 5.56 Å². The second-order valence-corrected chi connectivity index (χ2v) is 3.53. The van der Waals surface area contributed by atoms with Gasteiger partial charge in [-0.15, -0.1) is 0 Å². The Morgan fingerprint density at radius 1 is 1.50 bits per heavy atom. The molecule has 0 atom stereocenters. The predicted octanol–water partition coefficient (Wildman–Crippen LogP) is 1.65. The van der Waals surface area contributed by atoms with Gasteiger partial charge in [0.1, 0.15) is 18.6 Å². The van der Waals surface area contributed by atoms with Gasteiger partial charge in [-0.1, -0.05) is 5.16 Å². The van der Waals surface area contributed by atoms with E-state index in [-0.39, 0.29) is 18.9 Å². The van der Waals surface area contributed by atoms with Gasteiger partial charge in [0, 0.05) is 23.3 Å². The number of aliphatic hydroxyl groups is 1. The number of nitro benzene ring substituents is 1. The average Bonchev–Trinajstić information content (AvgIpc) is 2.89. The number of nitro groups is 1.